The molecule has 0 aliphatic rings. The number of nitrogens with zero attached hydrogens (tertiary/aromatic N) is 4. The molecule has 27 heavy (non-hydrogen) atoms. The number of aromatic nitrogens is 4. The number of carbonyl (C=O) groups is 1. The van der Waals surface area contributed by atoms with Gasteiger partial charge in [0.05, 0.1) is 25.7 Å². The summed E-state index contributed by atoms with van der Waals surface area (Å²) >= 11 is 1.25. The number of hydrogen-bond acceptors (Lipinski definition) is 7. The number of carbonyl (C=O) groups excluding carboxylic acids is 1. The average molecular weight is 385 g/mol. The Labute approximate surface area is 160 Å². The van der Waals surface area contributed by atoms with Gasteiger partial charge in [0.15, 0.2) is 11.5 Å². The summed E-state index contributed by atoms with van der Waals surface area (Å²) in [5, 5.41) is 15.1. The first-order valence-electron chi connectivity index (χ1n) is 8.11. The second kappa shape index (κ2) is 8.54. The van der Waals surface area contributed by atoms with Crippen molar-refractivity contribution in [3.05, 3.63) is 48.0 Å². The number of benzene rings is 2. The van der Waals surface area contributed by atoms with Crippen LogP contribution in [0.5, 0.6) is 11.5 Å². The molecule has 2 aromatic carbocycles. The fourth-order valence-electron chi connectivity index (χ4n) is 2.44. The zero-order valence-electron chi connectivity index (χ0n) is 15.2. The SMILES string of the molecule is COc1ccc(-n2nnnc2SCC(=O)Nc2cccc(C)c2)cc1OC. The lowest BCUT2D eigenvalue weighted by Crippen LogP contribution is -2.14. The third-order valence-corrected chi connectivity index (χ3v) is 4.61. The van der Waals surface area contributed by atoms with Gasteiger partial charge in [-0.3, -0.25) is 4.79 Å². The summed E-state index contributed by atoms with van der Waals surface area (Å²) < 4.78 is 12.1. The molecule has 0 atom stereocenters. The second-order valence-corrected chi connectivity index (χ2v) is 6.56. The minimum Gasteiger partial charge on any atom is -0.493 e. The van der Waals surface area contributed by atoms with Gasteiger partial charge >= 0.3 is 0 Å². The van der Waals surface area contributed by atoms with E-state index in [0.717, 1.165) is 11.3 Å². The number of hydrogen-bond donors (Lipinski definition) is 1. The molecule has 1 N–H and O–H groups in total. The van der Waals surface area contributed by atoms with Gasteiger partial charge in [-0.2, -0.15) is 4.68 Å². The zero-order chi connectivity index (χ0) is 19.2. The van der Waals surface area contributed by atoms with Crippen molar-refractivity contribution < 1.29 is 14.3 Å². The molecule has 3 rings (SSSR count). The summed E-state index contributed by atoms with van der Waals surface area (Å²) in [5.41, 5.74) is 2.55. The molecule has 0 spiro atoms. The van der Waals surface area contributed by atoms with Crippen molar-refractivity contribution in [2.24, 2.45) is 0 Å². The van der Waals surface area contributed by atoms with Crippen LogP contribution in [0.1, 0.15) is 5.56 Å². The highest BCUT2D eigenvalue weighted by molar-refractivity contribution is 7.99. The van der Waals surface area contributed by atoms with Gasteiger partial charge in [0.2, 0.25) is 11.1 Å². The minimum absolute atomic E-state index is 0.132. The van der Waals surface area contributed by atoms with Crippen LogP contribution in [0.2, 0.25) is 0 Å². The summed E-state index contributed by atoms with van der Waals surface area (Å²) in [6.07, 6.45) is 0. The van der Waals surface area contributed by atoms with Gasteiger partial charge in [0, 0.05) is 11.8 Å². The van der Waals surface area contributed by atoms with E-state index in [2.05, 4.69) is 20.8 Å². The first-order valence-corrected chi connectivity index (χ1v) is 9.09. The lowest BCUT2D eigenvalue weighted by atomic mass is 10.2. The number of methoxy groups -OCH3 is 2. The number of nitrogens with one attached hydrogen (secondary N) is 1. The Balaban J connectivity index is 1.69. The van der Waals surface area contributed by atoms with Crippen molar-refractivity contribution in [1.29, 1.82) is 0 Å². The fourth-order valence-corrected chi connectivity index (χ4v) is 3.13. The van der Waals surface area contributed by atoms with Gasteiger partial charge in [-0.1, -0.05) is 23.9 Å². The Morgan fingerprint density at radius 3 is 2.70 bits per heavy atom. The Bertz CT molecular complexity index is 944. The third-order valence-electron chi connectivity index (χ3n) is 3.69. The number of amides is 1. The molecule has 1 heterocycles. The lowest BCUT2D eigenvalue weighted by Gasteiger charge is -2.10. The van der Waals surface area contributed by atoms with E-state index in [0.29, 0.717) is 22.3 Å². The van der Waals surface area contributed by atoms with Gasteiger partial charge in [-0.25, -0.2) is 0 Å². The monoisotopic (exact) mass is 385 g/mol. The molecule has 0 aliphatic carbocycles. The highest BCUT2D eigenvalue weighted by Crippen LogP contribution is 2.30. The van der Waals surface area contributed by atoms with E-state index >= 15 is 0 Å². The van der Waals surface area contributed by atoms with Crippen LogP contribution in [0.4, 0.5) is 5.69 Å². The fraction of sp³-hybridized carbons (Fsp3) is 0.222. The van der Waals surface area contributed by atoms with Crippen molar-refractivity contribution in [3.63, 3.8) is 0 Å². The van der Waals surface area contributed by atoms with Gasteiger partial charge in [0.25, 0.3) is 0 Å². The van der Waals surface area contributed by atoms with E-state index in [1.807, 2.05) is 37.3 Å². The molecule has 140 valence electrons. The van der Waals surface area contributed by atoms with E-state index in [9.17, 15) is 4.79 Å². The minimum atomic E-state index is -0.132. The predicted molar refractivity (Wildman–Crippen MR) is 103 cm³/mol. The highest BCUT2D eigenvalue weighted by atomic mass is 32.2. The smallest absolute Gasteiger partial charge is 0.234 e. The second-order valence-electron chi connectivity index (χ2n) is 5.62. The maximum atomic E-state index is 12.2. The van der Waals surface area contributed by atoms with Crippen molar-refractivity contribution in [1.82, 2.24) is 20.2 Å². The molecular formula is C18H19N5O3S. The Morgan fingerprint density at radius 2 is 1.96 bits per heavy atom. The van der Waals surface area contributed by atoms with Gasteiger partial charge in [-0.05, 0) is 47.2 Å². The number of anilines is 1. The molecule has 0 unspecified atom stereocenters. The molecule has 9 heteroatoms. The van der Waals surface area contributed by atoms with E-state index in [-0.39, 0.29) is 11.7 Å². The van der Waals surface area contributed by atoms with Crippen LogP contribution in [0.15, 0.2) is 47.6 Å². The lowest BCUT2D eigenvalue weighted by molar-refractivity contribution is -0.113. The molecule has 0 saturated heterocycles. The maximum absolute atomic E-state index is 12.2. The van der Waals surface area contributed by atoms with E-state index in [1.165, 1.54) is 11.8 Å². The number of rotatable bonds is 7. The maximum Gasteiger partial charge on any atom is 0.234 e. The predicted octanol–water partition coefficient (Wildman–Crippen LogP) is 2.72. The Kier molecular flexibility index (Phi) is 5.92. The molecular weight excluding hydrogens is 366 g/mol. The van der Waals surface area contributed by atoms with Gasteiger partial charge < -0.3 is 14.8 Å². The summed E-state index contributed by atoms with van der Waals surface area (Å²) in [6.45, 7) is 1.97. The molecule has 0 fully saturated rings. The van der Waals surface area contributed by atoms with E-state index in [4.69, 9.17) is 9.47 Å². The van der Waals surface area contributed by atoms with E-state index in [1.54, 1.807) is 31.0 Å². The summed E-state index contributed by atoms with van der Waals surface area (Å²) in [5.74, 6) is 1.23. The van der Waals surface area contributed by atoms with Crippen LogP contribution >= 0.6 is 11.8 Å². The molecule has 1 amide bonds. The van der Waals surface area contributed by atoms with Crippen molar-refractivity contribution in [2.75, 3.05) is 25.3 Å². The first kappa shape index (κ1) is 18.7. The summed E-state index contributed by atoms with van der Waals surface area (Å²) in [6, 6.07) is 13.0. The van der Waals surface area contributed by atoms with Crippen molar-refractivity contribution in [3.8, 4) is 17.2 Å². The first-order chi connectivity index (χ1) is 13.1. The molecule has 0 bridgehead atoms. The molecule has 0 radical (unpaired) electrons. The summed E-state index contributed by atoms with van der Waals surface area (Å²) in [4.78, 5) is 12.2. The highest BCUT2D eigenvalue weighted by Gasteiger charge is 2.14. The Hall–Kier alpha value is -3.07. The van der Waals surface area contributed by atoms with Crippen LogP contribution in [0.3, 0.4) is 0 Å². The number of ether oxygens (including phenoxy) is 2. The zero-order valence-corrected chi connectivity index (χ0v) is 16.0. The standard InChI is InChI=1S/C18H19N5O3S/c1-12-5-4-6-13(9-12)19-17(24)11-27-18-20-21-22-23(18)14-7-8-15(25-2)16(10-14)26-3/h4-10H,11H2,1-3H3,(H,19,24). The number of tetrazole rings is 1. The van der Waals surface area contributed by atoms with Crippen molar-refractivity contribution >= 4 is 23.4 Å². The van der Waals surface area contributed by atoms with Crippen LogP contribution in [0.25, 0.3) is 5.69 Å². The van der Waals surface area contributed by atoms with Crippen LogP contribution in [-0.2, 0) is 4.79 Å². The average Bonchev–Trinajstić information content (AvgIpc) is 3.14. The Morgan fingerprint density at radius 1 is 1.15 bits per heavy atom. The molecule has 8 nitrogen and oxygen atoms in total. The topological polar surface area (TPSA) is 91.2 Å². The van der Waals surface area contributed by atoms with Crippen LogP contribution in [-0.4, -0.2) is 46.1 Å². The quantitative estimate of drug-likeness (QED) is 0.625. The van der Waals surface area contributed by atoms with E-state index < -0.39 is 0 Å². The number of thioether (sulfide) groups is 1. The molecule has 3 aromatic rings. The largest absolute Gasteiger partial charge is 0.493 e. The summed E-state index contributed by atoms with van der Waals surface area (Å²) in [7, 11) is 3.13. The normalized spacial score (nSPS) is 10.5. The van der Waals surface area contributed by atoms with Gasteiger partial charge in [0.1, 0.15) is 0 Å². The molecule has 1 aromatic heterocycles. The third kappa shape index (κ3) is 4.56. The number of aryl methyl sites for hydroxylation is 1. The van der Waals surface area contributed by atoms with Crippen LogP contribution < -0.4 is 14.8 Å². The van der Waals surface area contributed by atoms with Crippen molar-refractivity contribution in [2.45, 2.75) is 12.1 Å². The van der Waals surface area contributed by atoms with Crippen LogP contribution in [0, 0.1) is 6.92 Å². The van der Waals surface area contributed by atoms with Gasteiger partial charge in [-0.15, -0.1) is 5.10 Å². The molecule has 0 saturated carbocycles. The molecule has 0 aliphatic heterocycles.